The Balaban J connectivity index is 2.03. The number of rotatable bonds is 6. The molecule has 0 bridgehead atoms. The fourth-order valence-electron chi connectivity index (χ4n) is 1.85. The number of hydrogen-bond acceptors (Lipinski definition) is 5. The van der Waals surface area contributed by atoms with Crippen molar-refractivity contribution in [3.63, 3.8) is 0 Å². The molecule has 2 aromatic rings. The first-order valence-electron chi connectivity index (χ1n) is 7.08. The predicted octanol–water partition coefficient (Wildman–Crippen LogP) is 2.13. The summed E-state index contributed by atoms with van der Waals surface area (Å²) in [5.41, 5.74) is 0.922. The predicted molar refractivity (Wildman–Crippen MR) is 85.3 cm³/mol. The smallest absolute Gasteiger partial charge is 0.338 e. The van der Waals surface area contributed by atoms with Crippen LogP contribution in [-0.4, -0.2) is 25.4 Å². The van der Waals surface area contributed by atoms with Crippen LogP contribution in [0.4, 0.5) is 0 Å². The van der Waals surface area contributed by atoms with Gasteiger partial charge in [0.1, 0.15) is 6.61 Å². The van der Waals surface area contributed by atoms with E-state index in [0.717, 1.165) is 0 Å². The normalized spacial score (nSPS) is 11.4. The van der Waals surface area contributed by atoms with Gasteiger partial charge in [0.2, 0.25) is 10.0 Å². The minimum absolute atomic E-state index is 0.0641. The highest BCUT2D eigenvalue weighted by Crippen LogP contribution is 2.12. The highest BCUT2D eigenvalue weighted by Gasteiger charge is 2.16. The molecule has 23 heavy (non-hydrogen) atoms. The molecule has 0 spiro atoms. The lowest BCUT2D eigenvalue weighted by Gasteiger charge is -2.10. The zero-order chi connectivity index (χ0) is 16.9. The van der Waals surface area contributed by atoms with Gasteiger partial charge in [0, 0.05) is 12.2 Å². The van der Waals surface area contributed by atoms with Gasteiger partial charge in [0.25, 0.3) is 0 Å². The average Bonchev–Trinajstić information content (AvgIpc) is 2.52. The second-order valence-electron chi connectivity index (χ2n) is 5.20. The summed E-state index contributed by atoms with van der Waals surface area (Å²) in [6.07, 6.45) is 1.62. The number of carbonyl (C=O) groups is 1. The van der Waals surface area contributed by atoms with Crippen LogP contribution in [-0.2, 0) is 21.4 Å². The summed E-state index contributed by atoms with van der Waals surface area (Å²) in [5, 5.41) is 0. The van der Waals surface area contributed by atoms with E-state index in [1.165, 1.54) is 24.3 Å². The van der Waals surface area contributed by atoms with Gasteiger partial charge >= 0.3 is 5.97 Å². The van der Waals surface area contributed by atoms with Crippen molar-refractivity contribution in [3.8, 4) is 0 Å². The van der Waals surface area contributed by atoms with Crippen LogP contribution in [0.3, 0.4) is 0 Å². The number of benzene rings is 1. The van der Waals surface area contributed by atoms with Gasteiger partial charge in [-0.1, -0.05) is 6.07 Å². The summed E-state index contributed by atoms with van der Waals surface area (Å²) in [6.45, 7) is 3.54. The number of ether oxygens (including phenoxy) is 1. The summed E-state index contributed by atoms with van der Waals surface area (Å²) in [5.74, 6) is -0.531. The topological polar surface area (TPSA) is 85.4 Å². The van der Waals surface area contributed by atoms with Crippen molar-refractivity contribution in [2.75, 3.05) is 0 Å². The van der Waals surface area contributed by atoms with E-state index in [2.05, 4.69) is 9.71 Å². The van der Waals surface area contributed by atoms with Gasteiger partial charge in [0.15, 0.2) is 0 Å². The van der Waals surface area contributed by atoms with E-state index in [1.807, 2.05) is 0 Å². The van der Waals surface area contributed by atoms with Crippen LogP contribution in [0, 0.1) is 0 Å². The van der Waals surface area contributed by atoms with Gasteiger partial charge in [-0.3, -0.25) is 4.98 Å². The summed E-state index contributed by atoms with van der Waals surface area (Å²) < 4.78 is 31.6. The first-order valence-corrected chi connectivity index (χ1v) is 8.56. The number of esters is 1. The number of sulfonamides is 1. The molecule has 122 valence electrons. The molecule has 0 radical (unpaired) electrons. The molecular weight excluding hydrogens is 316 g/mol. The Kier molecular flexibility index (Phi) is 5.46. The molecule has 0 saturated heterocycles. The molecule has 0 amide bonds. The SMILES string of the molecule is CC(C)NS(=O)(=O)c1ccc(C(=O)OCc2ccccn2)cc1. The van der Waals surface area contributed by atoms with Crippen LogP contribution in [0.1, 0.15) is 29.9 Å². The molecule has 0 unspecified atom stereocenters. The van der Waals surface area contributed by atoms with E-state index in [1.54, 1.807) is 38.2 Å². The van der Waals surface area contributed by atoms with E-state index in [4.69, 9.17) is 4.74 Å². The lowest BCUT2D eigenvalue weighted by atomic mass is 10.2. The van der Waals surface area contributed by atoms with Crippen molar-refractivity contribution in [3.05, 3.63) is 59.9 Å². The Labute approximate surface area is 135 Å². The molecule has 0 atom stereocenters. The lowest BCUT2D eigenvalue weighted by molar-refractivity contribution is 0.0467. The van der Waals surface area contributed by atoms with Gasteiger partial charge in [-0.2, -0.15) is 0 Å². The first kappa shape index (κ1) is 17.1. The molecule has 1 heterocycles. The maximum Gasteiger partial charge on any atom is 0.338 e. The Morgan fingerprint density at radius 3 is 2.43 bits per heavy atom. The molecule has 0 saturated carbocycles. The molecule has 2 rings (SSSR count). The molecule has 1 N–H and O–H groups in total. The highest BCUT2D eigenvalue weighted by atomic mass is 32.2. The first-order chi connectivity index (χ1) is 10.9. The maximum atomic E-state index is 12.0. The van der Waals surface area contributed by atoms with Crippen molar-refractivity contribution < 1.29 is 17.9 Å². The van der Waals surface area contributed by atoms with Crippen molar-refractivity contribution >= 4 is 16.0 Å². The molecule has 0 aliphatic carbocycles. The van der Waals surface area contributed by atoms with E-state index in [9.17, 15) is 13.2 Å². The van der Waals surface area contributed by atoms with E-state index >= 15 is 0 Å². The van der Waals surface area contributed by atoms with Gasteiger partial charge in [0.05, 0.1) is 16.2 Å². The van der Waals surface area contributed by atoms with Crippen molar-refractivity contribution in [2.45, 2.75) is 31.4 Å². The molecule has 0 fully saturated rings. The van der Waals surface area contributed by atoms with Crippen molar-refractivity contribution in [1.29, 1.82) is 0 Å². The Hall–Kier alpha value is -2.25. The van der Waals surface area contributed by atoms with Gasteiger partial charge in [-0.25, -0.2) is 17.9 Å². The van der Waals surface area contributed by atoms with Crippen LogP contribution in [0.5, 0.6) is 0 Å². The Morgan fingerprint density at radius 2 is 1.87 bits per heavy atom. The molecule has 1 aromatic heterocycles. The van der Waals surface area contributed by atoms with Crippen LogP contribution in [0.2, 0.25) is 0 Å². The molecule has 0 aliphatic heterocycles. The van der Waals surface area contributed by atoms with Gasteiger partial charge < -0.3 is 4.74 Å². The Morgan fingerprint density at radius 1 is 1.17 bits per heavy atom. The lowest BCUT2D eigenvalue weighted by Crippen LogP contribution is -2.30. The maximum absolute atomic E-state index is 12.0. The van der Waals surface area contributed by atoms with E-state index in [-0.39, 0.29) is 23.1 Å². The number of pyridine rings is 1. The molecule has 0 aliphatic rings. The molecule has 7 heteroatoms. The van der Waals surface area contributed by atoms with E-state index in [0.29, 0.717) is 5.69 Å². The largest absolute Gasteiger partial charge is 0.456 e. The standard InChI is InChI=1S/C16H18N2O4S/c1-12(2)18-23(20,21)15-8-6-13(7-9-15)16(19)22-11-14-5-3-4-10-17-14/h3-10,12,18H,11H2,1-2H3. The fourth-order valence-corrected chi connectivity index (χ4v) is 3.11. The highest BCUT2D eigenvalue weighted by molar-refractivity contribution is 7.89. The number of aromatic nitrogens is 1. The number of carbonyl (C=O) groups excluding carboxylic acids is 1. The van der Waals surface area contributed by atoms with E-state index < -0.39 is 16.0 Å². The third-order valence-electron chi connectivity index (χ3n) is 2.87. The molecule has 1 aromatic carbocycles. The van der Waals surface area contributed by atoms with Gasteiger partial charge in [-0.15, -0.1) is 0 Å². The second-order valence-corrected chi connectivity index (χ2v) is 6.91. The van der Waals surface area contributed by atoms with Gasteiger partial charge in [-0.05, 0) is 50.2 Å². The Bertz CT molecular complexity index is 756. The van der Waals surface area contributed by atoms with Crippen LogP contribution >= 0.6 is 0 Å². The third kappa shape index (κ3) is 4.87. The quantitative estimate of drug-likeness (QED) is 0.818. The van der Waals surface area contributed by atoms with Crippen molar-refractivity contribution in [2.24, 2.45) is 0 Å². The average molecular weight is 334 g/mol. The van der Waals surface area contributed by atoms with Crippen LogP contribution in [0.25, 0.3) is 0 Å². The zero-order valence-electron chi connectivity index (χ0n) is 12.9. The third-order valence-corrected chi connectivity index (χ3v) is 4.54. The van der Waals surface area contributed by atoms with Crippen LogP contribution < -0.4 is 4.72 Å². The van der Waals surface area contributed by atoms with Crippen LogP contribution in [0.15, 0.2) is 53.6 Å². The summed E-state index contributed by atoms with van der Waals surface area (Å²) in [7, 11) is -3.57. The molecular formula is C16H18N2O4S. The zero-order valence-corrected chi connectivity index (χ0v) is 13.7. The minimum Gasteiger partial charge on any atom is -0.456 e. The number of nitrogens with zero attached hydrogens (tertiary/aromatic N) is 1. The summed E-state index contributed by atoms with van der Waals surface area (Å²) in [6, 6.07) is 10.7. The number of nitrogens with one attached hydrogen (secondary N) is 1. The fraction of sp³-hybridized carbons (Fsp3) is 0.250. The number of hydrogen-bond donors (Lipinski definition) is 1. The summed E-state index contributed by atoms with van der Waals surface area (Å²) >= 11 is 0. The monoisotopic (exact) mass is 334 g/mol. The molecule has 6 nitrogen and oxygen atoms in total. The second kappa shape index (κ2) is 7.34. The van der Waals surface area contributed by atoms with Crippen molar-refractivity contribution in [1.82, 2.24) is 9.71 Å². The summed E-state index contributed by atoms with van der Waals surface area (Å²) in [4.78, 5) is 16.1. The minimum atomic E-state index is -3.57.